The molecule has 0 saturated carbocycles. The van der Waals surface area contributed by atoms with Crippen LogP contribution in [0.15, 0.2) is 53.5 Å². The van der Waals surface area contributed by atoms with Gasteiger partial charge in [0.15, 0.2) is 0 Å². The number of piperidine rings is 1. The molecule has 1 saturated heterocycles. The molecule has 5 nitrogen and oxygen atoms in total. The van der Waals surface area contributed by atoms with Crippen molar-refractivity contribution in [2.24, 2.45) is 5.41 Å². The van der Waals surface area contributed by atoms with Gasteiger partial charge in [0.1, 0.15) is 6.29 Å². The fourth-order valence-corrected chi connectivity index (χ4v) is 4.71. The summed E-state index contributed by atoms with van der Waals surface area (Å²) in [5.74, 6) is 0. The van der Waals surface area contributed by atoms with Crippen molar-refractivity contribution in [3.63, 3.8) is 0 Å². The maximum Gasteiger partial charge on any atom is 0.243 e. The number of allylic oxidation sites excluding steroid dienone is 3. The van der Waals surface area contributed by atoms with E-state index in [2.05, 4.69) is 6.58 Å². The van der Waals surface area contributed by atoms with Crippen LogP contribution in [0.5, 0.6) is 0 Å². The van der Waals surface area contributed by atoms with E-state index >= 15 is 0 Å². The second kappa shape index (κ2) is 8.08. The third-order valence-electron chi connectivity index (χ3n) is 4.96. The van der Waals surface area contributed by atoms with E-state index in [1.165, 1.54) is 16.4 Å². The number of nitrogens with zero attached hydrogens (tertiary/aromatic N) is 1. The standard InChI is InChI=1S/C19H25NO4S/c1-3-16(4-2)13-19(15-22)8-10-20(11-9-19)25(23,24)18-7-5-6-17(12-18)14-21/h3-7,12,14,22H,1,8-11,13,15H2,2H3/b16-4+. The quantitative estimate of drug-likeness (QED) is 0.597. The van der Waals surface area contributed by atoms with Crippen molar-refractivity contribution in [3.05, 3.63) is 54.1 Å². The molecule has 1 aromatic carbocycles. The maximum absolute atomic E-state index is 12.8. The van der Waals surface area contributed by atoms with Gasteiger partial charge in [-0.1, -0.05) is 36.4 Å². The zero-order valence-electron chi connectivity index (χ0n) is 14.5. The third kappa shape index (κ3) is 4.26. The van der Waals surface area contributed by atoms with Gasteiger partial charge in [-0.3, -0.25) is 4.79 Å². The number of sulfonamides is 1. The van der Waals surface area contributed by atoms with Crippen molar-refractivity contribution in [3.8, 4) is 0 Å². The molecule has 1 N–H and O–H groups in total. The minimum absolute atomic E-state index is 0.0205. The second-order valence-corrected chi connectivity index (χ2v) is 8.43. The molecule has 0 atom stereocenters. The summed E-state index contributed by atoms with van der Waals surface area (Å²) in [6.45, 7) is 6.44. The van der Waals surface area contributed by atoms with Gasteiger partial charge < -0.3 is 5.11 Å². The van der Waals surface area contributed by atoms with Crippen molar-refractivity contribution < 1.29 is 18.3 Å². The van der Waals surface area contributed by atoms with Crippen LogP contribution in [0.25, 0.3) is 0 Å². The molecule has 0 aliphatic carbocycles. The van der Waals surface area contributed by atoms with E-state index < -0.39 is 10.0 Å². The number of hydrogen-bond acceptors (Lipinski definition) is 4. The van der Waals surface area contributed by atoms with E-state index in [-0.39, 0.29) is 16.9 Å². The minimum Gasteiger partial charge on any atom is -0.396 e. The van der Waals surface area contributed by atoms with Crippen molar-refractivity contribution in [1.29, 1.82) is 0 Å². The van der Waals surface area contributed by atoms with Crippen LogP contribution in [0.1, 0.15) is 36.5 Å². The van der Waals surface area contributed by atoms with Crippen molar-refractivity contribution in [2.45, 2.75) is 31.1 Å². The van der Waals surface area contributed by atoms with E-state index in [0.717, 1.165) is 5.57 Å². The molecule has 6 heteroatoms. The molecule has 25 heavy (non-hydrogen) atoms. The smallest absolute Gasteiger partial charge is 0.243 e. The Labute approximate surface area is 149 Å². The summed E-state index contributed by atoms with van der Waals surface area (Å²) in [6, 6.07) is 6.05. The first kappa shape index (κ1) is 19.6. The predicted octanol–water partition coefficient (Wildman–Crippen LogP) is 2.78. The summed E-state index contributed by atoms with van der Waals surface area (Å²) in [5.41, 5.74) is 1.09. The molecule has 0 aromatic heterocycles. The lowest BCUT2D eigenvalue weighted by Gasteiger charge is -2.40. The molecule has 1 fully saturated rings. The lowest BCUT2D eigenvalue weighted by Crippen LogP contribution is -2.44. The minimum atomic E-state index is -3.63. The molecule has 136 valence electrons. The average molecular weight is 363 g/mol. The molecular weight excluding hydrogens is 338 g/mol. The molecule has 1 heterocycles. The highest BCUT2D eigenvalue weighted by atomic mass is 32.2. The Kier molecular flexibility index (Phi) is 6.32. The zero-order chi connectivity index (χ0) is 18.5. The Balaban J connectivity index is 2.17. The van der Waals surface area contributed by atoms with Crippen LogP contribution < -0.4 is 0 Å². The van der Waals surface area contributed by atoms with Gasteiger partial charge in [-0.05, 0) is 43.7 Å². The number of rotatable bonds is 7. The van der Waals surface area contributed by atoms with Crippen molar-refractivity contribution in [2.75, 3.05) is 19.7 Å². The van der Waals surface area contributed by atoms with Gasteiger partial charge >= 0.3 is 0 Å². The van der Waals surface area contributed by atoms with Gasteiger partial charge in [0.05, 0.1) is 4.90 Å². The van der Waals surface area contributed by atoms with Crippen LogP contribution >= 0.6 is 0 Å². The van der Waals surface area contributed by atoms with Crippen LogP contribution in [0.4, 0.5) is 0 Å². The first-order valence-electron chi connectivity index (χ1n) is 8.35. The summed E-state index contributed by atoms with van der Waals surface area (Å²) in [6.07, 6.45) is 6.25. The van der Waals surface area contributed by atoms with Gasteiger partial charge in [-0.25, -0.2) is 8.42 Å². The van der Waals surface area contributed by atoms with E-state index in [1.54, 1.807) is 18.2 Å². The van der Waals surface area contributed by atoms with E-state index in [4.69, 9.17) is 0 Å². The molecule has 1 aromatic rings. The lowest BCUT2D eigenvalue weighted by molar-refractivity contribution is 0.0691. The molecule has 0 unspecified atom stereocenters. The van der Waals surface area contributed by atoms with Crippen molar-refractivity contribution in [1.82, 2.24) is 4.31 Å². The molecule has 2 rings (SSSR count). The van der Waals surface area contributed by atoms with Gasteiger partial charge in [0, 0.05) is 25.3 Å². The van der Waals surface area contributed by atoms with Gasteiger partial charge in [0.2, 0.25) is 10.0 Å². The number of aliphatic hydroxyl groups excluding tert-OH is 1. The van der Waals surface area contributed by atoms with Gasteiger partial charge in [-0.2, -0.15) is 4.31 Å². The Morgan fingerprint density at radius 1 is 1.36 bits per heavy atom. The summed E-state index contributed by atoms with van der Waals surface area (Å²) in [7, 11) is -3.63. The van der Waals surface area contributed by atoms with Crippen LogP contribution in [0, 0.1) is 5.41 Å². The molecule has 0 bridgehead atoms. The maximum atomic E-state index is 12.8. The van der Waals surface area contributed by atoms with Gasteiger partial charge in [-0.15, -0.1) is 0 Å². The normalized spacial score (nSPS) is 18.7. The number of benzene rings is 1. The van der Waals surface area contributed by atoms with Crippen LogP contribution in [0.2, 0.25) is 0 Å². The van der Waals surface area contributed by atoms with Crippen molar-refractivity contribution >= 4 is 16.3 Å². The second-order valence-electron chi connectivity index (χ2n) is 6.50. The summed E-state index contributed by atoms with van der Waals surface area (Å²) in [4.78, 5) is 11.0. The Hall–Kier alpha value is -1.76. The molecule has 0 spiro atoms. The monoisotopic (exact) mass is 363 g/mol. The van der Waals surface area contributed by atoms with Crippen LogP contribution in [0.3, 0.4) is 0 Å². The number of hydrogen-bond donors (Lipinski definition) is 1. The molecule has 0 amide bonds. The Bertz CT molecular complexity index is 759. The largest absolute Gasteiger partial charge is 0.396 e. The number of aliphatic hydroxyl groups is 1. The molecule has 0 radical (unpaired) electrons. The fraction of sp³-hybridized carbons (Fsp3) is 0.421. The summed E-state index contributed by atoms with van der Waals surface area (Å²) >= 11 is 0. The van der Waals surface area contributed by atoms with Crippen LogP contribution in [-0.2, 0) is 10.0 Å². The molecular formula is C19H25NO4S. The fourth-order valence-electron chi connectivity index (χ4n) is 3.21. The topological polar surface area (TPSA) is 74.7 Å². The van der Waals surface area contributed by atoms with E-state index in [1.807, 2.05) is 13.0 Å². The number of carbonyl (C=O) groups is 1. The van der Waals surface area contributed by atoms with Gasteiger partial charge in [0.25, 0.3) is 0 Å². The first-order valence-corrected chi connectivity index (χ1v) is 9.79. The number of carbonyl (C=O) groups excluding carboxylic acids is 1. The summed E-state index contributed by atoms with van der Waals surface area (Å²) in [5, 5.41) is 9.89. The lowest BCUT2D eigenvalue weighted by atomic mass is 9.74. The zero-order valence-corrected chi connectivity index (χ0v) is 15.3. The van der Waals surface area contributed by atoms with Crippen LogP contribution in [-0.4, -0.2) is 43.8 Å². The average Bonchev–Trinajstić information content (AvgIpc) is 2.66. The molecule has 1 aliphatic heterocycles. The molecule has 1 aliphatic rings. The van der Waals surface area contributed by atoms with E-state index in [9.17, 15) is 18.3 Å². The first-order chi connectivity index (χ1) is 11.9. The summed E-state index contributed by atoms with van der Waals surface area (Å²) < 4.78 is 27.1. The Morgan fingerprint density at radius 3 is 2.56 bits per heavy atom. The third-order valence-corrected chi connectivity index (χ3v) is 6.86. The van der Waals surface area contributed by atoms with E-state index in [0.29, 0.717) is 44.2 Å². The predicted molar refractivity (Wildman–Crippen MR) is 97.9 cm³/mol. The highest BCUT2D eigenvalue weighted by Crippen LogP contribution is 2.38. The highest BCUT2D eigenvalue weighted by Gasteiger charge is 2.38. The highest BCUT2D eigenvalue weighted by molar-refractivity contribution is 7.89. The Morgan fingerprint density at radius 2 is 2.04 bits per heavy atom. The SMILES string of the molecule is C=C/C(=C\C)CC1(CO)CCN(S(=O)(=O)c2cccc(C=O)c2)CC1. The number of aldehydes is 1.